The number of aryl methyl sites for hydroxylation is 1. The van der Waals surface area contributed by atoms with E-state index in [0.29, 0.717) is 37.2 Å². The van der Waals surface area contributed by atoms with Gasteiger partial charge in [0.1, 0.15) is 17.3 Å². The van der Waals surface area contributed by atoms with Crippen LogP contribution in [0.25, 0.3) is 11.1 Å². The lowest BCUT2D eigenvalue weighted by molar-refractivity contribution is -0.137. The minimum atomic E-state index is -1.00. The highest BCUT2D eigenvalue weighted by atomic mass is 35.5. The van der Waals surface area contributed by atoms with Gasteiger partial charge in [-0.1, -0.05) is 11.6 Å². The van der Waals surface area contributed by atoms with E-state index in [1.54, 1.807) is 13.0 Å². The van der Waals surface area contributed by atoms with E-state index in [9.17, 15) is 14.0 Å². The predicted octanol–water partition coefficient (Wildman–Crippen LogP) is 5.70. The van der Waals surface area contributed by atoms with Crippen molar-refractivity contribution in [1.82, 2.24) is 10.3 Å². The average Bonchev–Trinajstić information content (AvgIpc) is 2.91. The van der Waals surface area contributed by atoms with Gasteiger partial charge in [0.05, 0.1) is 11.9 Å². The van der Waals surface area contributed by atoms with Crippen LogP contribution in [0, 0.1) is 24.4 Å². The van der Waals surface area contributed by atoms with Gasteiger partial charge in [0, 0.05) is 48.4 Å². The number of pyridine rings is 1. The molecule has 1 aliphatic heterocycles. The zero-order valence-corrected chi connectivity index (χ0v) is 21.4. The van der Waals surface area contributed by atoms with Crippen molar-refractivity contribution in [3.8, 4) is 11.1 Å². The van der Waals surface area contributed by atoms with Gasteiger partial charge in [0.25, 0.3) is 0 Å². The summed E-state index contributed by atoms with van der Waals surface area (Å²) in [5, 5.41) is 14.8. The number of halogens is 4. The molecule has 1 aliphatic rings. The quantitative estimate of drug-likeness (QED) is 0.297. The van der Waals surface area contributed by atoms with Crippen LogP contribution in [0.4, 0.5) is 40.8 Å². The van der Waals surface area contributed by atoms with E-state index < -0.39 is 35.1 Å². The maximum absolute atomic E-state index is 15.5. The number of carbonyl (C=O) groups is 2. The summed E-state index contributed by atoms with van der Waals surface area (Å²) in [6.45, 7) is 2.94. The van der Waals surface area contributed by atoms with E-state index in [2.05, 4.69) is 15.6 Å². The number of carboxylic acid groups (broad SMARTS) is 1. The Balaban J connectivity index is 1.67. The van der Waals surface area contributed by atoms with Crippen molar-refractivity contribution in [2.45, 2.75) is 19.8 Å². The number of carbonyl (C=O) groups excluding carboxylic acids is 1. The second kappa shape index (κ2) is 11.3. The zero-order valence-electron chi connectivity index (χ0n) is 20.6. The number of hydrogen-bond acceptors (Lipinski definition) is 5. The van der Waals surface area contributed by atoms with Crippen LogP contribution in [0.5, 0.6) is 0 Å². The van der Waals surface area contributed by atoms with Gasteiger partial charge >= 0.3 is 12.0 Å². The average molecular weight is 548 g/mol. The van der Waals surface area contributed by atoms with Gasteiger partial charge in [-0.25, -0.2) is 22.9 Å². The number of amides is 2. The monoisotopic (exact) mass is 547 g/mol. The molecule has 3 aromatic rings. The Hall–Kier alpha value is -3.83. The molecule has 0 aliphatic carbocycles. The van der Waals surface area contributed by atoms with E-state index in [-0.39, 0.29) is 34.2 Å². The first-order valence-electron chi connectivity index (χ1n) is 11.8. The zero-order chi connectivity index (χ0) is 27.6. The number of benzene rings is 2. The molecule has 1 aromatic heterocycles. The Morgan fingerprint density at radius 1 is 1.08 bits per heavy atom. The smallest absolute Gasteiger partial charge is 0.334 e. The highest BCUT2D eigenvalue weighted by Crippen LogP contribution is 2.47. The molecule has 0 spiro atoms. The standard InChI is InChI=1S/C26H25ClF3N5O3/c1-14-8-15(27)9-21-23(14)18-10-16(28)13-33-25(18)34(2)26(38)35(21)24-19(29)11-17(12-20(24)30)32-7-6-31-5-3-4-22(36)37/h8-13,31-32H,3-7H2,1-2H3,(H,36,37). The number of rotatable bonds is 9. The lowest BCUT2D eigenvalue weighted by atomic mass is 9.98. The molecule has 2 amide bonds. The Labute approximate surface area is 222 Å². The molecular weight excluding hydrogens is 523 g/mol. The number of nitrogens with zero attached hydrogens (tertiary/aromatic N) is 3. The third-order valence-electron chi connectivity index (χ3n) is 6.03. The van der Waals surface area contributed by atoms with E-state index in [1.807, 2.05) is 0 Å². The minimum absolute atomic E-state index is 0.0483. The number of aliphatic carboxylic acids is 1. The fraction of sp³-hybridized carbons (Fsp3) is 0.269. The maximum Gasteiger partial charge on any atom is 0.334 e. The van der Waals surface area contributed by atoms with Gasteiger partial charge in [-0.05, 0) is 55.8 Å². The number of hydrogen-bond donors (Lipinski definition) is 3. The van der Waals surface area contributed by atoms with Gasteiger partial charge in [0.15, 0.2) is 11.6 Å². The Bertz CT molecular complexity index is 1380. The highest BCUT2D eigenvalue weighted by Gasteiger charge is 2.36. The molecule has 0 saturated heterocycles. The third kappa shape index (κ3) is 5.53. The Morgan fingerprint density at radius 3 is 2.47 bits per heavy atom. The number of urea groups is 1. The number of fused-ring (bicyclic) bond motifs is 3. The SMILES string of the molecule is Cc1cc(Cl)cc2c1-c1cc(F)cnc1N(C)C(=O)N2c1c(F)cc(NCCNCCCC(=O)O)cc1F. The van der Waals surface area contributed by atoms with Crippen molar-refractivity contribution in [3.05, 3.63) is 64.6 Å². The molecule has 38 heavy (non-hydrogen) atoms. The van der Waals surface area contributed by atoms with Crippen LogP contribution < -0.4 is 20.4 Å². The van der Waals surface area contributed by atoms with Gasteiger partial charge in [0.2, 0.25) is 0 Å². The third-order valence-corrected chi connectivity index (χ3v) is 6.25. The molecule has 0 atom stereocenters. The molecule has 2 heterocycles. The molecule has 0 radical (unpaired) electrons. The van der Waals surface area contributed by atoms with Crippen molar-refractivity contribution < 1.29 is 27.9 Å². The normalized spacial score (nSPS) is 12.7. The van der Waals surface area contributed by atoms with Crippen LogP contribution in [-0.4, -0.2) is 48.8 Å². The number of aromatic nitrogens is 1. The summed E-state index contributed by atoms with van der Waals surface area (Å²) < 4.78 is 45.2. The van der Waals surface area contributed by atoms with E-state index in [4.69, 9.17) is 16.7 Å². The summed E-state index contributed by atoms with van der Waals surface area (Å²) in [4.78, 5) is 30.2. The summed E-state index contributed by atoms with van der Waals surface area (Å²) in [5.74, 6) is -3.39. The summed E-state index contributed by atoms with van der Waals surface area (Å²) in [7, 11) is 1.39. The van der Waals surface area contributed by atoms with Crippen LogP contribution in [0.15, 0.2) is 36.5 Å². The minimum Gasteiger partial charge on any atom is -0.481 e. The molecule has 2 aromatic carbocycles. The number of nitrogens with one attached hydrogen (secondary N) is 2. The molecule has 12 heteroatoms. The second-order valence-electron chi connectivity index (χ2n) is 8.78. The van der Waals surface area contributed by atoms with E-state index in [0.717, 1.165) is 28.1 Å². The van der Waals surface area contributed by atoms with Gasteiger partial charge in [-0.15, -0.1) is 0 Å². The second-order valence-corrected chi connectivity index (χ2v) is 9.22. The number of carboxylic acids is 1. The van der Waals surface area contributed by atoms with Crippen molar-refractivity contribution in [3.63, 3.8) is 0 Å². The van der Waals surface area contributed by atoms with E-state index >= 15 is 8.78 Å². The van der Waals surface area contributed by atoms with Crippen molar-refractivity contribution >= 4 is 46.5 Å². The molecule has 8 nitrogen and oxygen atoms in total. The van der Waals surface area contributed by atoms with Crippen LogP contribution in [0.2, 0.25) is 5.02 Å². The molecule has 200 valence electrons. The molecule has 4 rings (SSSR count). The van der Waals surface area contributed by atoms with Crippen molar-refractivity contribution in [2.75, 3.05) is 41.8 Å². The van der Waals surface area contributed by atoms with Crippen LogP contribution in [0.1, 0.15) is 18.4 Å². The Kier molecular flexibility index (Phi) is 8.08. The molecule has 0 saturated carbocycles. The lowest BCUT2D eigenvalue weighted by Crippen LogP contribution is -2.39. The highest BCUT2D eigenvalue weighted by molar-refractivity contribution is 6.31. The van der Waals surface area contributed by atoms with Crippen molar-refractivity contribution in [2.24, 2.45) is 0 Å². The van der Waals surface area contributed by atoms with Crippen LogP contribution in [0.3, 0.4) is 0 Å². The first kappa shape index (κ1) is 27.2. The molecule has 3 N–H and O–H groups in total. The van der Waals surface area contributed by atoms with Gasteiger partial charge in [-0.3, -0.25) is 14.6 Å². The first-order valence-corrected chi connectivity index (χ1v) is 12.2. The van der Waals surface area contributed by atoms with E-state index in [1.165, 1.54) is 19.2 Å². The molecule has 0 bridgehead atoms. The van der Waals surface area contributed by atoms with Gasteiger partial charge in [-0.2, -0.15) is 0 Å². The summed E-state index contributed by atoms with van der Waals surface area (Å²) >= 11 is 6.28. The largest absolute Gasteiger partial charge is 0.481 e. The summed E-state index contributed by atoms with van der Waals surface area (Å²) in [6, 6.07) is 5.56. The molecule has 0 fully saturated rings. The number of anilines is 4. The van der Waals surface area contributed by atoms with Crippen LogP contribution in [-0.2, 0) is 4.79 Å². The molecular formula is C26H25ClF3N5O3. The first-order chi connectivity index (χ1) is 18.1. The summed E-state index contributed by atoms with van der Waals surface area (Å²) in [5.41, 5.74) is 0.828. The van der Waals surface area contributed by atoms with Gasteiger partial charge < -0.3 is 15.7 Å². The van der Waals surface area contributed by atoms with Crippen LogP contribution >= 0.6 is 11.6 Å². The topological polar surface area (TPSA) is 97.8 Å². The fourth-order valence-electron chi connectivity index (χ4n) is 4.36. The summed E-state index contributed by atoms with van der Waals surface area (Å²) in [6.07, 6.45) is 1.47. The maximum atomic E-state index is 15.5. The molecule has 0 unspecified atom stereocenters. The lowest BCUT2D eigenvalue weighted by Gasteiger charge is -2.27. The predicted molar refractivity (Wildman–Crippen MR) is 140 cm³/mol. The Morgan fingerprint density at radius 2 is 1.79 bits per heavy atom. The fourth-order valence-corrected chi connectivity index (χ4v) is 4.63. The van der Waals surface area contributed by atoms with Crippen molar-refractivity contribution in [1.29, 1.82) is 0 Å².